The third kappa shape index (κ3) is 3.85. The average molecular weight is 255 g/mol. The van der Waals surface area contributed by atoms with Gasteiger partial charge < -0.3 is 10.0 Å². The van der Waals surface area contributed by atoms with Crippen LogP contribution in [0.3, 0.4) is 0 Å². The van der Waals surface area contributed by atoms with Crippen LogP contribution < -0.4 is 0 Å². The van der Waals surface area contributed by atoms with Gasteiger partial charge in [0.05, 0.1) is 13.0 Å². The Bertz CT molecular complexity index is 414. The number of carboxylic acids is 1. The van der Waals surface area contributed by atoms with E-state index in [-0.39, 0.29) is 12.3 Å². The van der Waals surface area contributed by atoms with Gasteiger partial charge in [0.2, 0.25) is 5.91 Å². The number of thiophene rings is 1. The molecule has 0 saturated carbocycles. The average Bonchev–Trinajstić information content (AvgIpc) is 2.62. The highest BCUT2D eigenvalue weighted by molar-refractivity contribution is 7.10. The van der Waals surface area contributed by atoms with E-state index in [9.17, 15) is 9.59 Å². The highest BCUT2D eigenvalue weighted by Gasteiger charge is 2.20. The molecule has 1 rings (SSSR count). The maximum Gasteiger partial charge on any atom is 0.304 e. The minimum Gasteiger partial charge on any atom is -0.481 e. The molecule has 0 saturated heterocycles. The second-order valence-corrected chi connectivity index (χ2v) is 5.22. The number of rotatable bonds is 5. The molecule has 1 aromatic heterocycles. The lowest BCUT2D eigenvalue weighted by molar-refractivity contribution is -0.143. The predicted octanol–water partition coefficient (Wildman–Crippen LogP) is 2.13. The largest absolute Gasteiger partial charge is 0.481 e. The first-order valence-corrected chi connectivity index (χ1v) is 6.29. The van der Waals surface area contributed by atoms with Gasteiger partial charge in [-0.15, -0.1) is 11.3 Å². The third-order valence-electron chi connectivity index (χ3n) is 2.63. The maximum absolute atomic E-state index is 11.9. The summed E-state index contributed by atoms with van der Waals surface area (Å²) >= 11 is 1.61. The molecule has 94 valence electrons. The van der Waals surface area contributed by atoms with Crippen molar-refractivity contribution < 1.29 is 14.7 Å². The van der Waals surface area contributed by atoms with E-state index in [1.54, 1.807) is 30.2 Å². The Labute approximate surface area is 105 Å². The van der Waals surface area contributed by atoms with Crippen LogP contribution in [0.15, 0.2) is 11.4 Å². The standard InChI is InChI=1S/C12H17NO3S/c1-8-4-5-17-10(8)7-13(3)12(16)9(2)6-11(14)15/h4-5,9H,6-7H2,1-3H3,(H,14,15). The van der Waals surface area contributed by atoms with Crippen LogP contribution in [-0.2, 0) is 16.1 Å². The van der Waals surface area contributed by atoms with Gasteiger partial charge in [0.1, 0.15) is 0 Å². The van der Waals surface area contributed by atoms with Crippen molar-refractivity contribution in [2.45, 2.75) is 26.8 Å². The minimum atomic E-state index is -0.938. The second-order valence-electron chi connectivity index (χ2n) is 4.22. The molecule has 1 N–H and O–H groups in total. The highest BCUT2D eigenvalue weighted by atomic mass is 32.1. The summed E-state index contributed by atoms with van der Waals surface area (Å²) < 4.78 is 0. The van der Waals surface area contributed by atoms with Crippen molar-refractivity contribution in [3.8, 4) is 0 Å². The summed E-state index contributed by atoms with van der Waals surface area (Å²) in [7, 11) is 1.71. The van der Waals surface area contributed by atoms with Crippen LogP contribution in [-0.4, -0.2) is 28.9 Å². The van der Waals surface area contributed by atoms with E-state index in [2.05, 4.69) is 0 Å². The van der Waals surface area contributed by atoms with Gasteiger partial charge in [-0.1, -0.05) is 6.92 Å². The first-order valence-electron chi connectivity index (χ1n) is 5.41. The zero-order valence-electron chi connectivity index (χ0n) is 10.3. The molecule has 0 radical (unpaired) electrons. The Balaban J connectivity index is 2.58. The van der Waals surface area contributed by atoms with Crippen molar-refractivity contribution >= 4 is 23.2 Å². The summed E-state index contributed by atoms with van der Waals surface area (Å²) in [5, 5.41) is 10.6. The second kappa shape index (κ2) is 5.82. The Morgan fingerprint density at radius 2 is 2.18 bits per heavy atom. The van der Waals surface area contributed by atoms with E-state index in [1.165, 1.54) is 5.56 Å². The molecule has 1 unspecified atom stereocenters. The molecular formula is C12H17NO3S. The summed E-state index contributed by atoms with van der Waals surface area (Å²) in [5.74, 6) is -1.54. The number of nitrogens with zero attached hydrogens (tertiary/aromatic N) is 1. The van der Waals surface area contributed by atoms with E-state index >= 15 is 0 Å². The van der Waals surface area contributed by atoms with Crippen molar-refractivity contribution in [2.24, 2.45) is 5.92 Å². The van der Waals surface area contributed by atoms with Gasteiger partial charge in [-0.25, -0.2) is 0 Å². The van der Waals surface area contributed by atoms with Gasteiger partial charge in [0.15, 0.2) is 0 Å². The SMILES string of the molecule is Cc1ccsc1CN(C)C(=O)C(C)CC(=O)O. The molecular weight excluding hydrogens is 238 g/mol. The summed E-state index contributed by atoms with van der Waals surface area (Å²) in [5.41, 5.74) is 1.17. The lowest BCUT2D eigenvalue weighted by Gasteiger charge is -2.20. The first kappa shape index (κ1) is 13.7. The van der Waals surface area contributed by atoms with Crippen molar-refractivity contribution in [3.05, 3.63) is 21.9 Å². The van der Waals surface area contributed by atoms with Crippen molar-refractivity contribution in [1.29, 1.82) is 0 Å². The van der Waals surface area contributed by atoms with Gasteiger partial charge in [0, 0.05) is 17.8 Å². The molecule has 1 aromatic rings. The molecule has 5 heteroatoms. The van der Waals surface area contributed by atoms with Gasteiger partial charge in [-0.05, 0) is 23.9 Å². The number of carbonyl (C=O) groups is 2. The van der Waals surface area contributed by atoms with Crippen LogP contribution in [0.2, 0.25) is 0 Å². The Morgan fingerprint density at radius 3 is 2.65 bits per heavy atom. The fraction of sp³-hybridized carbons (Fsp3) is 0.500. The zero-order valence-corrected chi connectivity index (χ0v) is 11.1. The van der Waals surface area contributed by atoms with Crippen LogP contribution >= 0.6 is 11.3 Å². The molecule has 1 atom stereocenters. The molecule has 0 aliphatic carbocycles. The molecule has 1 heterocycles. The molecule has 4 nitrogen and oxygen atoms in total. The van der Waals surface area contributed by atoms with E-state index in [0.717, 1.165) is 4.88 Å². The molecule has 0 spiro atoms. The van der Waals surface area contributed by atoms with Crippen molar-refractivity contribution in [2.75, 3.05) is 7.05 Å². The molecule has 0 aliphatic rings. The molecule has 1 amide bonds. The fourth-order valence-corrected chi connectivity index (χ4v) is 2.54. The Morgan fingerprint density at radius 1 is 1.53 bits per heavy atom. The van der Waals surface area contributed by atoms with E-state index < -0.39 is 11.9 Å². The Hall–Kier alpha value is -1.36. The topological polar surface area (TPSA) is 57.6 Å². The molecule has 0 aromatic carbocycles. The van der Waals surface area contributed by atoms with Crippen LogP contribution in [0.5, 0.6) is 0 Å². The fourth-order valence-electron chi connectivity index (χ4n) is 1.58. The molecule has 0 fully saturated rings. The minimum absolute atomic E-state index is 0.118. The predicted molar refractivity (Wildman–Crippen MR) is 66.9 cm³/mol. The number of aryl methyl sites for hydroxylation is 1. The van der Waals surface area contributed by atoms with Crippen LogP contribution in [0, 0.1) is 12.8 Å². The molecule has 0 aliphatic heterocycles. The monoisotopic (exact) mass is 255 g/mol. The van der Waals surface area contributed by atoms with Crippen molar-refractivity contribution in [1.82, 2.24) is 4.90 Å². The zero-order chi connectivity index (χ0) is 13.0. The van der Waals surface area contributed by atoms with Gasteiger partial charge >= 0.3 is 5.97 Å². The van der Waals surface area contributed by atoms with Gasteiger partial charge in [-0.3, -0.25) is 9.59 Å². The Kier molecular flexibility index (Phi) is 4.69. The quantitative estimate of drug-likeness (QED) is 0.876. The highest BCUT2D eigenvalue weighted by Crippen LogP contribution is 2.18. The third-order valence-corrected chi connectivity index (χ3v) is 3.64. The summed E-state index contributed by atoms with van der Waals surface area (Å²) in [4.78, 5) is 25.2. The maximum atomic E-state index is 11.9. The summed E-state index contributed by atoms with van der Waals surface area (Å²) in [6.07, 6.45) is -0.118. The van der Waals surface area contributed by atoms with E-state index in [4.69, 9.17) is 5.11 Å². The number of amides is 1. The lowest BCUT2D eigenvalue weighted by Crippen LogP contribution is -2.32. The number of carboxylic acid groups (broad SMARTS) is 1. The smallest absolute Gasteiger partial charge is 0.304 e. The van der Waals surface area contributed by atoms with Gasteiger partial charge in [0.25, 0.3) is 0 Å². The summed E-state index contributed by atoms with van der Waals surface area (Å²) in [6, 6.07) is 2.01. The van der Waals surface area contributed by atoms with E-state index in [1.807, 2.05) is 18.4 Å². The number of hydrogen-bond acceptors (Lipinski definition) is 3. The number of hydrogen-bond donors (Lipinski definition) is 1. The normalized spacial score (nSPS) is 12.2. The summed E-state index contributed by atoms with van der Waals surface area (Å²) in [6.45, 7) is 4.20. The van der Waals surface area contributed by atoms with Crippen LogP contribution in [0.1, 0.15) is 23.8 Å². The van der Waals surface area contributed by atoms with Crippen LogP contribution in [0.4, 0.5) is 0 Å². The molecule has 0 bridgehead atoms. The van der Waals surface area contributed by atoms with Crippen LogP contribution in [0.25, 0.3) is 0 Å². The van der Waals surface area contributed by atoms with E-state index in [0.29, 0.717) is 6.54 Å². The molecule has 17 heavy (non-hydrogen) atoms. The number of carbonyl (C=O) groups excluding carboxylic acids is 1. The lowest BCUT2D eigenvalue weighted by atomic mass is 10.1. The number of aliphatic carboxylic acids is 1. The first-order chi connectivity index (χ1) is 7.91. The van der Waals surface area contributed by atoms with Gasteiger partial charge in [-0.2, -0.15) is 0 Å². The van der Waals surface area contributed by atoms with Crippen molar-refractivity contribution in [3.63, 3.8) is 0 Å².